The Morgan fingerprint density at radius 3 is 2.89 bits per heavy atom. The third-order valence-corrected chi connectivity index (χ3v) is 4.53. The molecular weight excluding hydrogens is 274 g/mol. The fraction of sp³-hybridized carbons (Fsp3) is 0.273. The number of nitrogens with zero attached hydrogens (tertiary/aromatic N) is 1. The van der Waals surface area contributed by atoms with E-state index in [4.69, 9.17) is 16.7 Å². The van der Waals surface area contributed by atoms with Gasteiger partial charge in [-0.15, -0.1) is 0 Å². The van der Waals surface area contributed by atoms with Crippen molar-refractivity contribution in [2.75, 3.05) is 6.54 Å². The van der Waals surface area contributed by atoms with E-state index in [1.165, 1.54) is 4.31 Å². The number of nitrogens with one attached hydrogen (secondary N) is 1. The second-order valence-electron chi connectivity index (χ2n) is 4.40. The topological polar surface area (TPSA) is 79.2 Å². The summed E-state index contributed by atoms with van der Waals surface area (Å²) in [5, 5.41) is 6.89. The van der Waals surface area contributed by atoms with Gasteiger partial charge in [0, 0.05) is 28.2 Å². The van der Waals surface area contributed by atoms with E-state index in [-0.39, 0.29) is 0 Å². The molecule has 0 atom stereocenters. The zero-order valence-electron chi connectivity index (χ0n) is 9.48. The number of aromatic nitrogens is 1. The first kappa shape index (κ1) is 12.0. The molecule has 5 nitrogen and oxygen atoms in total. The van der Waals surface area contributed by atoms with Crippen LogP contribution in [0.5, 0.6) is 0 Å². The number of H-pyrrole nitrogens is 1. The van der Waals surface area contributed by atoms with Crippen LogP contribution in [0.3, 0.4) is 0 Å². The van der Waals surface area contributed by atoms with Gasteiger partial charge in [0.1, 0.15) is 0 Å². The number of benzene rings is 1. The Morgan fingerprint density at radius 1 is 1.39 bits per heavy atom. The summed E-state index contributed by atoms with van der Waals surface area (Å²) in [5.41, 5.74) is 3.00. The Labute approximate surface area is 110 Å². The first-order valence-electron chi connectivity index (χ1n) is 5.52. The van der Waals surface area contributed by atoms with Crippen molar-refractivity contribution in [3.05, 3.63) is 34.5 Å². The van der Waals surface area contributed by atoms with E-state index in [0.29, 0.717) is 24.5 Å². The highest BCUT2D eigenvalue weighted by Gasteiger charge is 2.26. The van der Waals surface area contributed by atoms with Crippen LogP contribution in [0.2, 0.25) is 5.02 Å². The predicted octanol–water partition coefficient (Wildman–Crippen LogP) is 1.38. The molecule has 3 rings (SSSR count). The number of aromatic amines is 1. The Hall–Kier alpha value is -1.08. The van der Waals surface area contributed by atoms with Gasteiger partial charge in [-0.25, -0.2) is 5.14 Å². The molecule has 0 amide bonds. The minimum Gasteiger partial charge on any atom is -0.357 e. The Bertz CT molecular complexity index is 723. The standard InChI is InChI=1S/C11H12ClN3O2S/c12-7-1-2-10-9(5-7)8-3-4-15(18(13,16)17)6-11(8)14-10/h1-2,5,14H,3-4,6H2,(H2,13,16,17). The van der Waals surface area contributed by atoms with Crippen LogP contribution >= 0.6 is 11.6 Å². The molecule has 1 aliphatic heterocycles. The summed E-state index contributed by atoms with van der Waals surface area (Å²) in [6.07, 6.45) is 0.645. The van der Waals surface area contributed by atoms with Gasteiger partial charge in [-0.3, -0.25) is 0 Å². The maximum absolute atomic E-state index is 11.3. The molecule has 1 aromatic heterocycles. The zero-order chi connectivity index (χ0) is 12.9. The van der Waals surface area contributed by atoms with E-state index in [9.17, 15) is 8.42 Å². The van der Waals surface area contributed by atoms with Crippen molar-refractivity contribution in [2.45, 2.75) is 13.0 Å². The van der Waals surface area contributed by atoms with E-state index in [1.807, 2.05) is 18.2 Å². The summed E-state index contributed by atoms with van der Waals surface area (Å²) in [5.74, 6) is 0. The van der Waals surface area contributed by atoms with Crippen molar-refractivity contribution in [3.63, 3.8) is 0 Å². The molecule has 0 spiro atoms. The number of hydrogen-bond donors (Lipinski definition) is 2. The van der Waals surface area contributed by atoms with E-state index >= 15 is 0 Å². The average Bonchev–Trinajstić information content (AvgIpc) is 2.65. The third kappa shape index (κ3) is 1.91. The van der Waals surface area contributed by atoms with E-state index < -0.39 is 10.2 Å². The zero-order valence-corrected chi connectivity index (χ0v) is 11.1. The second-order valence-corrected chi connectivity index (χ2v) is 6.38. The van der Waals surface area contributed by atoms with Crippen molar-refractivity contribution in [3.8, 4) is 0 Å². The lowest BCUT2D eigenvalue weighted by atomic mass is 10.0. The quantitative estimate of drug-likeness (QED) is 0.830. The molecule has 0 saturated carbocycles. The van der Waals surface area contributed by atoms with Crippen molar-refractivity contribution in [1.29, 1.82) is 0 Å². The molecular formula is C11H12ClN3O2S. The predicted molar refractivity (Wildman–Crippen MR) is 70.5 cm³/mol. The maximum Gasteiger partial charge on any atom is 0.277 e. The normalized spacial score (nSPS) is 17.0. The molecule has 7 heteroatoms. The lowest BCUT2D eigenvalue weighted by Gasteiger charge is -2.24. The molecule has 96 valence electrons. The van der Waals surface area contributed by atoms with Crippen molar-refractivity contribution < 1.29 is 8.42 Å². The van der Waals surface area contributed by atoms with Crippen LogP contribution in [-0.2, 0) is 23.2 Å². The monoisotopic (exact) mass is 285 g/mol. The molecule has 2 aromatic rings. The van der Waals surface area contributed by atoms with Crippen molar-refractivity contribution in [2.24, 2.45) is 5.14 Å². The number of rotatable bonds is 1. The highest BCUT2D eigenvalue weighted by molar-refractivity contribution is 7.86. The lowest BCUT2D eigenvalue weighted by molar-refractivity contribution is 0.389. The molecule has 0 unspecified atom stereocenters. The second kappa shape index (κ2) is 3.96. The molecule has 0 bridgehead atoms. The highest BCUT2D eigenvalue weighted by atomic mass is 35.5. The number of fused-ring (bicyclic) bond motifs is 3. The minimum atomic E-state index is -3.63. The van der Waals surface area contributed by atoms with Crippen LogP contribution in [-0.4, -0.2) is 24.3 Å². The molecule has 0 radical (unpaired) electrons. The van der Waals surface area contributed by atoms with Gasteiger partial charge in [0.05, 0.1) is 6.54 Å². The summed E-state index contributed by atoms with van der Waals surface area (Å²) < 4.78 is 23.9. The summed E-state index contributed by atoms with van der Waals surface area (Å²) >= 11 is 5.98. The highest BCUT2D eigenvalue weighted by Crippen LogP contribution is 2.29. The van der Waals surface area contributed by atoms with Crippen LogP contribution in [0.15, 0.2) is 18.2 Å². The molecule has 0 fully saturated rings. The molecule has 0 saturated heterocycles. The fourth-order valence-corrected chi connectivity index (χ4v) is 3.23. The van der Waals surface area contributed by atoms with Gasteiger partial charge in [0.2, 0.25) is 0 Å². The Morgan fingerprint density at radius 2 is 2.17 bits per heavy atom. The first-order valence-corrected chi connectivity index (χ1v) is 7.40. The average molecular weight is 286 g/mol. The van der Waals surface area contributed by atoms with E-state index in [0.717, 1.165) is 22.2 Å². The van der Waals surface area contributed by atoms with E-state index in [1.54, 1.807) is 0 Å². The summed E-state index contributed by atoms with van der Waals surface area (Å²) in [7, 11) is -3.63. The summed E-state index contributed by atoms with van der Waals surface area (Å²) in [6, 6.07) is 5.61. The van der Waals surface area contributed by atoms with Gasteiger partial charge in [0.25, 0.3) is 10.2 Å². The summed E-state index contributed by atoms with van der Waals surface area (Å²) in [4.78, 5) is 3.23. The van der Waals surface area contributed by atoms with Crippen LogP contribution in [0.4, 0.5) is 0 Å². The maximum atomic E-state index is 11.3. The Kier molecular flexibility index (Phi) is 2.63. The number of hydrogen-bond acceptors (Lipinski definition) is 2. The van der Waals surface area contributed by atoms with Crippen molar-refractivity contribution in [1.82, 2.24) is 9.29 Å². The number of nitrogens with two attached hydrogens (primary N) is 1. The van der Waals surface area contributed by atoms with Crippen molar-refractivity contribution >= 4 is 32.7 Å². The SMILES string of the molecule is NS(=O)(=O)N1CCc2c([nH]c3ccc(Cl)cc23)C1. The fourth-order valence-electron chi connectivity index (χ4n) is 2.41. The van der Waals surface area contributed by atoms with E-state index in [2.05, 4.69) is 4.98 Å². The molecule has 0 aliphatic carbocycles. The van der Waals surface area contributed by atoms with Crippen LogP contribution < -0.4 is 5.14 Å². The van der Waals surface area contributed by atoms with Gasteiger partial charge >= 0.3 is 0 Å². The first-order chi connectivity index (χ1) is 8.45. The molecule has 3 N–H and O–H groups in total. The van der Waals surface area contributed by atoms with Gasteiger partial charge < -0.3 is 4.98 Å². The lowest BCUT2D eigenvalue weighted by Crippen LogP contribution is -2.40. The smallest absolute Gasteiger partial charge is 0.277 e. The largest absolute Gasteiger partial charge is 0.357 e. The van der Waals surface area contributed by atoms with Crippen LogP contribution in [0.25, 0.3) is 10.9 Å². The van der Waals surface area contributed by atoms with Gasteiger partial charge in [-0.2, -0.15) is 12.7 Å². The Balaban J connectivity index is 2.10. The van der Waals surface area contributed by atoms with Crippen LogP contribution in [0, 0.1) is 0 Å². The van der Waals surface area contributed by atoms with Gasteiger partial charge in [-0.1, -0.05) is 11.6 Å². The molecule has 18 heavy (non-hydrogen) atoms. The van der Waals surface area contributed by atoms with Gasteiger partial charge in [-0.05, 0) is 30.2 Å². The minimum absolute atomic E-state index is 0.292. The van der Waals surface area contributed by atoms with Gasteiger partial charge in [0.15, 0.2) is 0 Å². The summed E-state index contributed by atoms with van der Waals surface area (Å²) in [6.45, 7) is 0.700. The molecule has 1 aliphatic rings. The van der Waals surface area contributed by atoms with Crippen LogP contribution in [0.1, 0.15) is 11.3 Å². The third-order valence-electron chi connectivity index (χ3n) is 3.26. The molecule has 1 aromatic carbocycles. The number of halogens is 1. The molecule has 2 heterocycles.